The van der Waals surface area contributed by atoms with Crippen molar-refractivity contribution in [2.75, 3.05) is 6.61 Å². The molecule has 2 aliphatic rings. The molecule has 1 fully saturated rings. The fourth-order valence-corrected chi connectivity index (χ4v) is 2.47. The van der Waals surface area contributed by atoms with Crippen LogP contribution in [0.1, 0.15) is 18.9 Å². The lowest BCUT2D eigenvalue weighted by Gasteiger charge is -2.24. The molecule has 1 aromatic carbocycles. The zero-order valence-corrected chi connectivity index (χ0v) is 9.92. The first-order valence-corrected chi connectivity index (χ1v) is 5.90. The summed E-state index contributed by atoms with van der Waals surface area (Å²) in [5, 5.41) is 12.5. The highest BCUT2D eigenvalue weighted by Gasteiger charge is 2.69. The first-order valence-electron chi connectivity index (χ1n) is 5.90. The minimum absolute atomic E-state index is 0.212. The summed E-state index contributed by atoms with van der Waals surface area (Å²) >= 11 is 0. The lowest BCUT2D eigenvalue weighted by molar-refractivity contribution is -0.154. The Bertz CT molecular complexity index is 540. The molecule has 1 aliphatic carbocycles. The van der Waals surface area contributed by atoms with Gasteiger partial charge in [0.2, 0.25) is 5.60 Å². The van der Waals surface area contributed by atoms with Crippen molar-refractivity contribution in [1.82, 2.24) is 0 Å². The molecular weight excluding hydrogens is 234 g/mol. The van der Waals surface area contributed by atoms with Crippen LogP contribution in [-0.2, 0) is 9.53 Å². The zero-order chi connectivity index (χ0) is 12.8. The number of fused-ring (bicyclic) bond motifs is 2. The van der Waals surface area contributed by atoms with E-state index in [9.17, 15) is 4.79 Å². The number of benzene rings is 1. The molecule has 1 N–H and O–H groups in total. The number of ether oxygens (including phenoxy) is 2. The monoisotopic (exact) mass is 247 g/mol. The Morgan fingerprint density at radius 2 is 2.39 bits per heavy atom. The maximum absolute atomic E-state index is 11.9. The van der Waals surface area contributed by atoms with Gasteiger partial charge in [-0.2, -0.15) is 0 Å². The van der Waals surface area contributed by atoms with Crippen LogP contribution >= 0.6 is 0 Å². The number of para-hydroxylation sites is 1. The van der Waals surface area contributed by atoms with Crippen molar-refractivity contribution >= 4 is 11.7 Å². The average molecular weight is 247 g/mol. The summed E-state index contributed by atoms with van der Waals surface area (Å²) in [6.45, 7) is 2.06. The largest absolute Gasteiger partial charge is 0.474 e. The van der Waals surface area contributed by atoms with Crippen molar-refractivity contribution in [2.24, 2.45) is 11.1 Å². The minimum atomic E-state index is -0.980. The van der Waals surface area contributed by atoms with E-state index in [1.54, 1.807) is 13.0 Å². The van der Waals surface area contributed by atoms with E-state index in [0.717, 1.165) is 5.56 Å². The van der Waals surface area contributed by atoms with E-state index in [1.165, 1.54) is 0 Å². The van der Waals surface area contributed by atoms with Crippen molar-refractivity contribution in [3.05, 3.63) is 29.8 Å². The van der Waals surface area contributed by atoms with Crippen molar-refractivity contribution < 1.29 is 19.5 Å². The topological polar surface area (TPSA) is 68.1 Å². The summed E-state index contributed by atoms with van der Waals surface area (Å²) in [7, 11) is 0. The zero-order valence-electron chi connectivity index (χ0n) is 9.92. The Morgan fingerprint density at radius 1 is 1.61 bits per heavy atom. The molecular formula is C13H13NO4. The van der Waals surface area contributed by atoms with E-state index < -0.39 is 5.60 Å². The molecule has 94 valence electrons. The maximum atomic E-state index is 11.9. The molecule has 2 atom stereocenters. The molecule has 0 spiro atoms. The van der Waals surface area contributed by atoms with Crippen LogP contribution in [0.3, 0.4) is 0 Å². The minimum Gasteiger partial charge on any atom is -0.474 e. The fourth-order valence-electron chi connectivity index (χ4n) is 2.47. The van der Waals surface area contributed by atoms with Gasteiger partial charge in [0, 0.05) is 12.0 Å². The van der Waals surface area contributed by atoms with Crippen molar-refractivity contribution in [3.8, 4) is 5.75 Å². The van der Waals surface area contributed by atoms with Gasteiger partial charge in [-0.25, -0.2) is 4.79 Å². The van der Waals surface area contributed by atoms with Crippen molar-refractivity contribution in [2.45, 2.75) is 18.9 Å². The summed E-state index contributed by atoms with van der Waals surface area (Å²) in [5.74, 6) is -0.0331. The first kappa shape index (κ1) is 11.1. The summed E-state index contributed by atoms with van der Waals surface area (Å²) in [4.78, 5) is 11.9. The van der Waals surface area contributed by atoms with Gasteiger partial charge in [0.25, 0.3) is 0 Å². The van der Waals surface area contributed by atoms with Gasteiger partial charge in [0.05, 0.1) is 18.2 Å². The summed E-state index contributed by atoms with van der Waals surface area (Å²) < 4.78 is 10.8. The number of nitrogens with zero attached hydrogens (tertiary/aromatic N) is 1. The second-order valence-corrected chi connectivity index (χ2v) is 4.45. The number of carbonyl (C=O) groups is 1. The molecule has 0 saturated heterocycles. The molecule has 0 amide bonds. The highest BCUT2D eigenvalue weighted by atomic mass is 16.6. The molecule has 0 unspecified atom stereocenters. The smallest absolute Gasteiger partial charge is 0.351 e. The Morgan fingerprint density at radius 3 is 3.11 bits per heavy atom. The maximum Gasteiger partial charge on any atom is 0.351 e. The summed E-state index contributed by atoms with van der Waals surface area (Å²) in [6, 6.07) is 7.23. The standard InChI is InChI=1S/C13H13NO4/c1-2-17-12(15)13-7-9(13)11(14-16)8-5-3-4-6-10(8)18-13/h3-6,9,16H,2,7H2,1H3/b14-11+/t9-,13-/m0/s1. The molecule has 0 aromatic heterocycles. The number of rotatable bonds is 2. The Balaban J connectivity index is 2.01. The van der Waals surface area contributed by atoms with Gasteiger partial charge < -0.3 is 14.7 Å². The van der Waals surface area contributed by atoms with Crippen LogP contribution in [0.4, 0.5) is 0 Å². The predicted octanol–water partition coefficient (Wildman–Crippen LogP) is 1.58. The third kappa shape index (κ3) is 1.33. The van der Waals surface area contributed by atoms with E-state index in [-0.39, 0.29) is 11.9 Å². The van der Waals surface area contributed by atoms with Crippen molar-refractivity contribution in [3.63, 3.8) is 0 Å². The van der Waals surface area contributed by atoms with E-state index in [1.807, 2.05) is 18.2 Å². The highest BCUT2D eigenvalue weighted by Crippen LogP contribution is 2.54. The molecule has 1 aromatic rings. The van der Waals surface area contributed by atoms with E-state index in [0.29, 0.717) is 24.5 Å². The Hall–Kier alpha value is -2.04. The first-order chi connectivity index (χ1) is 8.73. The Kier molecular flexibility index (Phi) is 2.29. The van der Waals surface area contributed by atoms with E-state index >= 15 is 0 Å². The van der Waals surface area contributed by atoms with Crippen LogP contribution in [0.15, 0.2) is 29.4 Å². The number of hydrogen-bond acceptors (Lipinski definition) is 5. The van der Waals surface area contributed by atoms with Crippen LogP contribution in [0.25, 0.3) is 0 Å². The molecule has 18 heavy (non-hydrogen) atoms. The van der Waals surface area contributed by atoms with Gasteiger partial charge in [-0.1, -0.05) is 17.3 Å². The van der Waals surface area contributed by atoms with Crippen molar-refractivity contribution in [1.29, 1.82) is 0 Å². The second kappa shape index (κ2) is 3.73. The number of esters is 1. The molecule has 1 heterocycles. The predicted molar refractivity (Wildman–Crippen MR) is 62.9 cm³/mol. The van der Waals surface area contributed by atoms with Crippen LogP contribution in [0.2, 0.25) is 0 Å². The number of hydrogen-bond donors (Lipinski definition) is 1. The van der Waals surface area contributed by atoms with Crippen LogP contribution in [-0.4, -0.2) is 29.1 Å². The molecule has 1 aliphatic heterocycles. The molecule has 1 saturated carbocycles. The van der Waals surface area contributed by atoms with Gasteiger partial charge in [-0.15, -0.1) is 0 Å². The number of carbonyl (C=O) groups excluding carboxylic acids is 1. The van der Waals surface area contributed by atoms with E-state index in [4.69, 9.17) is 14.7 Å². The van der Waals surface area contributed by atoms with Gasteiger partial charge >= 0.3 is 5.97 Å². The third-order valence-corrected chi connectivity index (χ3v) is 3.42. The SMILES string of the molecule is CCOC(=O)[C@]12C[C@H]1/C(=N/O)c1ccccc1O2. The van der Waals surface area contributed by atoms with Crippen LogP contribution in [0.5, 0.6) is 5.75 Å². The normalized spacial score (nSPS) is 30.1. The second-order valence-electron chi connectivity index (χ2n) is 4.45. The quantitative estimate of drug-likeness (QED) is 0.489. The fraction of sp³-hybridized carbons (Fsp3) is 0.385. The highest BCUT2D eigenvalue weighted by molar-refractivity contribution is 6.12. The molecule has 3 rings (SSSR count). The lowest BCUT2D eigenvalue weighted by atomic mass is 10.00. The van der Waals surface area contributed by atoms with Crippen LogP contribution < -0.4 is 4.74 Å². The van der Waals surface area contributed by atoms with Gasteiger partial charge in [-0.3, -0.25) is 0 Å². The summed E-state index contributed by atoms with van der Waals surface area (Å²) in [6.07, 6.45) is 0.500. The lowest BCUT2D eigenvalue weighted by Crippen LogP contribution is -2.39. The van der Waals surface area contributed by atoms with Gasteiger partial charge in [0.1, 0.15) is 5.75 Å². The van der Waals surface area contributed by atoms with E-state index in [2.05, 4.69) is 5.16 Å². The van der Waals surface area contributed by atoms with Crippen LogP contribution in [0, 0.1) is 5.92 Å². The van der Waals surface area contributed by atoms with Gasteiger partial charge in [-0.05, 0) is 19.1 Å². The Labute approximate surface area is 104 Å². The number of oxime groups is 1. The molecule has 5 heteroatoms. The molecule has 0 radical (unpaired) electrons. The average Bonchev–Trinajstić information content (AvgIpc) is 3.11. The molecule has 5 nitrogen and oxygen atoms in total. The van der Waals surface area contributed by atoms with Gasteiger partial charge in [0.15, 0.2) is 0 Å². The summed E-state index contributed by atoms with van der Waals surface area (Å²) in [5.41, 5.74) is 0.263. The molecule has 0 bridgehead atoms. The third-order valence-electron chi connectivity index (χ3n) is 3.42.